The summed E-state index contributed by atoms with van der Waals surface area (Å²) in [4.78, 5) is 28.3. The second-order valence-corrected chi connectivity index (χ2v) is 9.88. The number of rotatable bonds is 10. The van der Waals surface area contributed by atoms with Crippen LogP contribution in [-0.4, -0.2) is 43.0 Å². The molecule has 7 nitrogen and oxygen atoms in total. The molecule has 1 N–H and O–H groups in total. The molecular weight excluding hydrogens is 492 g/mol. The molecule has 5 rings (SSSR count). The highest BCUT2D eigenvalue weighted by atomic mass is 16.6. The Kier molecular flexibility index (Phi) is 7.61. The Balaban J connectivity index is 1.28. The first-order valence-electron chi connectivity index (χ1n) is 13.1. The summed E-state index contributed by atoms with van der Waals surface area (Å²) in [5, 5.41) is 7.35. The molecule has 0 amide bonds. The third kappa shape index (κ3) is 5.64. The fraction of sp³-hybridized carbons (Fsp3) is 0.281. The van der Waals surface area contributed by atoms with E-state index in [2.05, 4.69) is 55.6 Å². The lowest BCUT2D eigenvalue weighted by Gasteiger charge is -2.12. The van der Waals surface area contributed by atoms with E-state index in [4.69, 9.17) is 18.9 Å². The van der Waals surface area contributed by atoms with E-state index in [0.29, 0.717) is 18.1 Å². The third-order valence-corrected chi connectivity index (χ3v) is 6.96. The number of carbonyl (C=O) groups is 2. The maximum absolute atomic E-state index is 11.9. The molecule has 0 aliphatic rings. The first-order chi connectivity index (χ1) is 18.8. The fourth-order valence-corrected chi connectivity index (χ4v) is 4.87. The average molecular weight is 525 g/mol. The number of hydrogen-bond donors (Lipinski definition) is 1. The summed E-state index contributed by atoms with van der Waals surface area (Å²) in [5.74, 6) is 0.851. The molecule has 1 unspecified atom stereocenters. The number of Topliss-reactive ketones (excluding diaryl/α,β-unsaturated/α-hetero) is 1. The largest absolute Gasteiger partial charge is 0.490 e. The second-order valence-electron chi connectivity index (χ2n) is 9.88. The third-order valence-electron chi connectivity index (χ3n) is 6.96. The van der Waals surface area contributed by atoms with Crippen molar-refractivity contribution in [3.8, 4) is 17.2 Å². The summed E-state index contributed by atoms with van der Waals surface area (Å²) in [6.45, 7) is 6.06. The van der Waals surface area contributed by atoms with Gasteiger partial charge in [0.25, 0.3) is 0 Å². The molecule has 200 valence electrons. The van der Waals surface area contributed by atoms with Crippen molar-refractivity contribution in [3.63, 3.8) is 0 Å². The van der Waals surface area contributed by atoms with Gasteiger partial charge in [0.15, 0.2) is 5.58 Å². The van der Waals surface area contributed by atoms with E-state index in [1.807, 2.05) is 24.3 Å². The van der Waals surface area contributed by atoms with E-state index in [1.165, 1.54) is 23.4 Å². The number of nitrogens with one attached hydrogen (secondary N) is 1. The molecule has 1 heterocycles. The Hall–Kier alpha value is -4.23. The normalized spacial score (nSPS) is 12.2. The van der Waals surface area contributed by atoms with Crippen molar-refractivity contribution in [2.75, 3.05) is 20.3 Å². The number of likely N-dealkylation sites (N-methyl/N-ethyl adjacent to an activating group) is 1. The molecule has 0 spiro atoms. The number of nitrogens with zero attached hydrogens (tertiary/aromatic N) is 1. The van der Waals surface area contributed by atoms with E-state index >= 15 is 0 Å². The van der Waals surface area contributed by atoms with Crippen LogP contribution in [0.2, 0.25) is 0 Å². The molecule has 39 heavy (non-hydrogen) atoms. The lowest BCUT2D eigenvalue weighted by Crippen LogP contribution is -2.32. The SMILES string of the molecule is CNC(CCC(=O)OCCOc1ccc(-c2nc3c4ccc(C)cc4c4cc(C)ccc4c3o2)cc1)C(C)=O. The molecule has 0 saturated carbocycles. The molecule has 7 heteroatoms. The molecule has 4 aromatic carbocycles. The zero-order valence-corrected chi connectivity index (χ0v) is 22.7. The Labute approximate surface area is 227 Å². The summed E-state index contributed by atoms with van der Waals surface area (Å²) < 4.78 is 17.3. The second kappa shape index (κ2) is 11.3. The standard InChI is InChI=1S/C32H32N2O5/c1-19-5-11-24-26(17-19)27-18-20(2)6-12-25(27)31-30(24)34-32(39-31)22-7-9-23(10-8-22)37-15-16-38-29(36)14-13-28(33-4)21(3)35/h5-12,17-18,28,33H,13-16H2,1-4H3. The predicted molar refractivity (Wildman–Crippen MR) is 153 cm³/mol. The molecule has 0 aliphatic heterocycles. The average Bonchev–Trinajstić information content (AvgIpc) is 3.37. The van der Waals surface area contributed by atoms with Crippen molar-refractivity contribution in [2.24, 2.45) is 0 Å². The molecular formula is C32H32N2O5. The number of hydrogen-bond acceptors (Lipinski definition) is 7. The van der Waals surface area contributed by atoms with E-state index in [9.17, 15) is 9.59 Å². The number of aryl methyl sites for hydroxylation is 2. The van der Waals surface area contributed by atoms with Crippen LogP contribution in [0.25, 0.3) is 44.1 Å². The van der Waals surface area contributed by atoms with Gasteiger partial charge in [-0.25, -0.2) is 4.98 Å². The Morgan fingerprint density at radius 1 is 0.897 bits per heavy atom. The van der Waals surface area contributed by atoms with Crippen LogP contribution >= 0.6 is 0 Å². The van der Waals surface area contributed by atoms with Crippen molar-refractivity contribution in [2.45, 2.75) is 39.7 Å². The van der Waals surface area contributed by atoms with Crippen molar-refractivity contribution in [3.05, 3.63) is 71.8 Å². The molecule has 0 aliphatic carbocycles. The Bertz CT molecular complexity index is 1590. The Morgan fingerprint density at radius 2 is 1.56 bits per heavy atom. The Morgan fingerprint density at radius 3 is 2.23 bits per heavy atom. The minimum atomic E-state index is -0.350. The minimum absolute atomic E-state index is 0.00166. The van der Waals surface area contributed by atoms with Crippen LogP contribution in [-0.2, 0) is 14.3 Å². The van der Waals surface area contributed by atoms with Gasteiger partial charge in [-0.3, -0.25) is 9.59 Å². The van der Waals surface area contributed by atoms with Crippen LogP contribution in [0.4, 0.5) is 0 Å². The number of oxazole rings is 1. The van der Waals surface area contributed by atoms with Gasteiger partial charge in [-0.05, 0) is 69.3 Å². The van der Waals surface area contributed by atoms with E-state index < -0.39 is 0 Å². The van der Waals surface area contributed by atoms with E-state index in [-0.39, 0.29) is 37.4 Å². The van der Waals surface area contributed by atoms with Gasteiger partial charge in [0.05, 0.1) is 6.04 Å². The van der Waals surface area contributed by atoms with Gasteiger partial charge in [-0.2, -0.15) is 0 Å². The molecule has 0 bridgehead atoms. The van der Waals surface area contributed by atoms with Gasteiger partial charge in [0.1, 0.15) is 30.3 Å². The smallest absolute Gasteiger partial charge is 0.305 e. The van der Waals surface area contributed by atoms with Crippen LogP contribution in [0.3, 0.4) is 0 Å². The lowest BCUT2D eigenvalue weighted by atomic mass is 9.97. The van der Waals surface area contributed by atoms with Crippen molar-refractivity contribution >= 4 is 44.4 Å². The van der Waals surface area contributed by atoms with Gasteiger partial charge in [-0.15, -0.1) is 0 Å². The topological polar surface area (TPSA) is 90.7 Å². The lowest BCUT2D eigenvalue weighted by molar-refractivity contribution is -0.144. The van der Waals surface area contributed by atoms with Gasteiger partial charge < -0.3 is 19.2 Å². The van der Waals surface area contributed by atoms with E-state index in [0.717, 1.165) is 32.8 Å². The maximum Gasteiger partial charge on any atom is 0.305 e. The summed E-state index contributed by atoms with van der Waals surface area (Å²) in [5.41, 5.74) is 4.88. The van der Waals surface area contributed by atoms with Crippen molar-refractivity contribution in [1.29, 1.82) is 0 Å². The quantitative estimate of drug-likeness (QED) is 0.130. The zero-order chi connectivity index (χ0) is 27.5. The number of fused-ring (bicyclic) bond motifs is 6. The number of ketones is 1. The van der Waals surface area contributed by atoms with Gasteiger partial charge in [0.2, 0.25) is 5.89 Å². The number of carbonyl (C=O) groups excluding carboxylic acids is 2. The molecule has 1 atom stereocenters. The summed E-state index contributed by atoms with van der Waals surface area (Å²) >= 11 is 0. The monoisotopic (exact) mass is 524 g/mol. The zero-order valence-electron chi connectivity index (χ0n) is 22.7. The minimum Gasteiger partial charge on any atom is -0.490 e. The fourth-order valence-electron chi connectivity index (χ4n) is 4.87. The first kappa shape index (κ1) is 26.4. The highest BCUT2D eigenvalue weighted by Gasteiger charge is 2.17. The highest BCUT2D eigenvalue weighted by molar-refractivity contribution is 6.23. The molecule has 0 fully saturated rings. The van der Waals surface area contributed by atoms with Crippen LogP contribution < -0.4 is 10.1 Å². The van der Waals surface area contributed by atoms with E-state index in [1.54, 1.807) is 7.05 Å². The van der Waals surface area contributed by atoms with Crippen molar-refractivity contribution in [1.82, 2.24) is 10.3 Å². The van der Waals surface area contributed by atoms with Crippen LogP contribution in [0.5, 0.6) is 5.75 Å². The highest BCUT2D eigenvalue weighted by Crippen LogP contribution is 2.38. The van der Waals surface area contributed by atoms with Gasteiger partial charge in [0, 0.05) is 22.8 Å². The number of esters is 1. The molecule has 5 aromatic rings. The number of benzene rings is 4. The first-order valence-corrected chi connectivity index (χ1v) is 13.1. The molecule has 0 radical (unpaired) electrons. The van der Waals surface area contributed by atoms with Gasteiger partial charge >= 0.3 is 5.97 Å². The van der Waals surface area contributed by atoms with Crippen LogP contribution in [0.1, 0.15) is 30.9 Å². The van der Waals surface area contributed by atoms with Crippen LogP contribution in [0, 0.1) is 13.8 Å². The van der Waals surface area contributed by atoms with Crippen LogP contribution in [0.15, 0.2) is 65.1 Å². The van der Waals surface area contributed by atoms with Gasteiger partial charge in [-0.1, -0.05) is 47.5 Å². The summed E-state index contributed by atoms with van der Waals surface area (Å²) in [6.07, 6.45) is 0.585. The maximum atomic E-state index is 11.9. The predicted octanol–water partition coefficient (Wildman–Crippen LogP) is 6.30. The molecule has 0 saturated heterocycles. The number of aromatic nitrogens is 1. The molecule has 1 aromatic heterocycles. The van der Waals surface area contributed by atoms with Crippen molar-refractivity contribution < 1.29 is 23.5 Å². The number of ether oxygens (including phenoxy) is 2. The summed E-state index contributed by atoms with van der Waals surface area (Å²) in [7, 11) is 1.70. The summed E-state index contributed by atoms with van der Waals surface area (Å²) in [6, 6.07) is 20.0.